The number of benzene rings is 5. The van der Waals surface area contributed by atoms with Gasteiger partial charge in [-0.15, -0.1) is 5.53 Å². The van der Waals surface area contributed by atoms with Gasteiger partial charge in [0.1, 0.15) is 5.75 Å². The van der Waals surface area contributed by atoms with Gasteiger partial charge in [0, 0.05) is 22.3 Å². The lowest BCUT2D eigenvalue weighted by Gasteiger charge is -2.36. The van der Waals surface area contributed by atoms with E-state index in [4.69, 9.17) is 4.74 Å². The zero-order valence-corrected chi connectivity index (χ0v) is 19.9. The molecule has 2 aliphatic rings. The first-order chi connectivity index (χ1) is 18.2. The monoisotopic (exact) mass is 481 g/mol. The van der Waals surface area contributed by atoms with Crippen molar-refractivity contribution in [3.63, 3.8) is 0 Å². The van der Waals surface area contributed by atoms with Crippen LogP contribution in [-0.4, -0.2) is 5.91 Å². The van der Waals surface area contributed by atoms with Crippen molar-refractivity contribution < 1.29 is 9.53 Å². The minimum Gasteiger partial charge on any atom is -0.473 e. The summed E-state index contributed by atoms with van der Waals surface area (Å²) < 4.78 is 6.82. The van der Waals surface area contributed by atoms with E-state index >= 15 is 0 Å². The third-order valence-corrected chi connectivity index (χ3v) is 7.08. The lowest BCUT2D eigenvalue weighted by molar-refractivity contribution is 0.0979. The van der Waals surface area contributed by atoms with Crippen molar-refractivity contribution in [1.82, 2.24) is 5.53 Å². The molecule has 0 atom stereocenters. The molecule has 0 saturated heterocycles. The number of ether oxygens (including phenoxy) is 1. The molecule has 5 heteroatoms. The van der Waals surface area contributed by atoms with E-state index < -0.39 is 5.60 Å². The third kappa shape index (κ3) is 3.40. The maximum absolute atomic E-state index is 13.3. The number of anilines is 2. The molecule has 0 aromatic heterocycles. The average Bonchev–Trinajstić information content (AvgIpc) is 3.41. The van der Waals surface area contributed by atoms with Gasteiger partial charge < -0.3 is 10.2 Å². The lowest BCUT2D eigenvalue weighted by Crippen LogP contribution is -2.41. The molecule has 7 rings (SSSR count). The van der Waals surface area contributed by atoms with Gasteiger partial charge in [-0.3, -0.25) is 4.79 Å². The van der Waals surface area contributed by atoms with Gasteiger partial charge in [0.05, 0.1) is 11.4 Å². The van der Waals surface area contributed by atoms with Crippen LogP contribution in [0.25, 0.3) is 16.8 Å². The minimum absolute atomic E-state index is 0.129. The molecule has 0 fully saturated rings. The van der Waals surface area contributed by atoms with Crippen LogP contribution < -0.4 is 20.7 Å². The van der Waals surface area contributed by atoms with Crippen LogP contribution >= 0.6 is 0 Å². The van der Waals surface area contributed by atoms with E-state index in [0.717, 1.165) is 44.6 Å². The van der Waals surface area contributed by atoms with Crippen molar-refractivity contribution in [1.29, 1.82) is 0 Å². The fourth-order valence-corrected chi connectivity index (χ4v) is 5.22. The normalized spacial score (nSPS) is 15.0. The van der Waals surface area contributed by atoms with E-state index in [9.17, 15) is 4.79 Å². The first-order valence-corrected chi connectivity index (χ1v) is 12.2. The Balaban J connectivity index is 1.28. The molecule has 1 amide bonds. The predicted octanol–water partition coefficient (Wildman–Crippen LogP) is 6.68. The van der Waals surface area contributed by atoms with E-state index in [1.807, 2.05) is 91.0 Å². The summed E-state index contributed by atoms with van der Waals surface area (Å²) in [5.41, 5.74) is 10.7. The van der Waals surface area contributed by atoms with Crippen LogP contribution in [0, 0.1) is 0 Å². The summed E-state index contributed by atoms with van der Waals surface area (Å²) in [4.78, 5) is 13.3. The maximum Gasteiger partial charge on any atom is 0.274 e. The van der Waals surface area contributed by atoms with Gasteiger partial charge in [0.25, 0.3) is 5.91 Å². The van der Waals surface area contributed by atoms with Crippen LogP contribution in [0.1, 0.15) is 27.0 Å². The molecule has 0 unspecified atom stereocenters. The number of carbonyl (C=O) groups is 1. The van der Waals surface area contributed by atoms with E-state index in [1.165, 1.54) is 5.01 Å². The molecule has 2 heterocycles. The lowest BCUT2D eigenvalue weighted by atomic mass is 9.83. The number of hydrazine groups is 2. The first-order valence-electron chi connectivity index (χ1n) is 12.2. The SMILES string of the molecule is O=C(c1ccc2c3c(ccc2c1)OC(c1ccccc1)(c1ccccc1)C=C3)N1NNc2ccccc21. The molecular formula is C32H23N3O2. The van der Waals surface area contributed by atoms with Gasteiger partial charge in [-0.1, -0.05) is 84.9 Å². The Bertz CT molecular complexity index is 1640. The van der Waals surface area contributed by atoms with Gasteiger partial charge in [0.2, 0.25) is 0 Å². The van der Waals surface area contributed by atoms with Crippen LogP contribution in [0.5, 0.6) is 5.75 Å². The molecule has 0 aliphatic carbocycles. The number of nitrogens with one attached hydrogen (secondary N) is 2. The zero-order chi connectivity index (χ0) is 24.8. The van der Waals surface area contributed by atoms with Gasteiger partial charge in [-0.25, -0.2) is 5.01 Å². The van der Waals surface area contributed by atoms with Gasteiger partial charge in [-0.2, -0.15) is 0 Å². The quantitative estimate of drug-likeness (QED) is 0.302. The standard InChI is InChI=1S/C32H23N3O2/c36-31(35-29-14-8-7-13-28(29)33-34-35)23-15-17-26-22(21-23)16-18-30-27(26)19-20-32(37-30,24-9-3-1-4-10-24)25-11-5-2-6-12-25/h1-21,33-34H. The topological polar surface area (TPSA) is 53.6 Å². The number of fused-ring (bicyclic) bond motifs is 4. The molecule has 5 nitrogen and oxygen atoms in total. The molecule has 0 saturated carbocycles. The first kappa shape index (κ1) is 21.4. The summed E-state index contributed by atoms with van der Waals surface area (Å²) in [7, 11) is 0. The van der Waals surface area contributed by atoms with Crippen molar-refractivity contribution in [2.75, 3.05) is 10.4 Å². The van der Waals surface area contributed by atoms with Crippen LogP contribution in [0.15, 0.2) is 121 Å². The number of hydrogen-bond donors (Lipinski definition) is 2. The highest BCUT2D eigenvalue weighted by Gasteiger charge is 2.37. The van der Waals surface area contributed by atoms with Gasteiger partial charge in [-0.05, 0) is 53.3 Å². The summed E-state index contributed by atoms with van der Waals surface area (Å²) in [5, 5.41) is 3.55. The second-order valence-corrected chi connectivity index (χ2v) is 9.21. The molecule has 178 valence electrons. The van der Waals surface area contributed by atoms with Crippen LogP contribution in [0.4, 0.5) is 11.4 Å². The Hall–Kier alpha value is -4.87. The highest BCUT2D eigenvalue weighted by molar-refractivity contribution is 6.10. The number of rotatable bonds is 3. The molecule has 0 bridgehead atoms. The van der Waals surface area contributed by atoms with E-state index in [-0.39, 0.29) is 5.91 Å². The van der Waals surface area contributed by atoms with Crippen LogP contribution in [0.3, 0.4) is 0 Å². The average molecular weight is 482 g/mol. The number of amides is 1. The highest BCUT2D eigenvalue weighted by Crippen LogP contribution is 2.44. The smallest absolute Gasteiger partial charge is 0.274 e. The fourth-order valence-electron chi connectivity index (χ4n) is 5.22. The predicted molar refractivity (Wildman–Crippen MR) is 147 cm³/mol. The Morgan fingerprint density at radius 1 is 0.757 bits per heavy atom. The molecule has 37 heavy (non-hydrogen) atoms. The maximum atomic E-state index is 13.3. The molecule has 2 aliphatic heterocycles. The fraction of sp³-hybridized carbons (Fsp3) is 0.0312. The minimum atomic E-state index is -0.721. The Morgan fingerprint density at radius 2 is 1.46 bits per heavy atom. The number of para-hydroxylation sites is 2. The van der Waals surface area contributed by atoms with Crippen molar-refractivity contribution in [2.24, 2.45) is 0 Å². The van der Waals surface area contributed by atoms with Crippen molar-refractivity contribution in [3.8, 4) is 5.75 Å². The largest absolute Gasteiger partial charge is 0.473 e. The summed E-state index contributed by atoms with van der Waals surface area (Å²) in [6.45, 7) is 0. The number of carbonyl (C=O) groups excluding carboxylic acids is 1. The third-order valence-electron chi connectivity index (χ3n) is 7.08. The molecule has 2 N–H and O–H groups in total. The number of hydrogen-bond acceptors (Lipinski definition) is 4. The zero-order valence-electron chi connectivity index (χ0n) is 19.9. The van der Waals surface area contributed by atoms with Gasteiger partial charge >= 0.3 is 0 Å². The van der Waals surface area contributed by atoms with E-state index in [1.54, 1.807) is 0 Å². The van der Waals surface area contributed by atoms with Crippen molar-refractivity contribution in [3.05, 3.63) is 144 Å². The molecular weight excluding hydrogens is 458 g/mol. The summed E-state index contributed by atoms with van der Waals surface area (Å²) >= 11 is 0. The highest BCUT2D eigenvalue weighted by atomic mass is 16.5. The Labute approximate surface area is 214 Å². The summed E-state index contributed by atoms with van der Waals surface area (Å²) in [6.07, 6.45) is 4.28. The molecule has 5 aromatic carbocycles. The second-order valence-electron chi connectivity index (χ2n) is 9.21. The van der Waals surface area contributed by atoms with Crippen molar-refractivity contribution >= 4 is 34.1 Å². The van der Waals surface area contributed by atoms with Crippen molar-refractivity contribution in [2.45, 2.75) is 5.60 Å². The Kier molecular flexibility index (Phi) is 4.84. The molecule has 5 aromatic rings. The van der Waals surface area contributed by atoms with E-state index in [0.29, 0.717) is 5.56 Å². The van der Waals surface area contributed by atoms with E-state index in [2.05, 4.69) is 47.4 Å². The van der Waals surface area contributed by atoms with Crippen LogP contribution in [-0.2, 0) is 5.60 Å². The Morgan fingerprint density at radius 3 is 2.22 bits per heavy atom. The number of nitrogens with zero attached hydrogens (tertiary/aromatic N) is 1. The summed E-state index contributed by atoms with van der Waals surface area (Å²) in [5.74, 6) is 0.678. The second kappa shape index (κ2) is 8.36. The van der Waals surface area contributed by atoms with Crippen LogP contribution in [0.2, 0.25) is 0 Å². The molecule has 0 spiro atoms. The summed E-state index contributed by atoms with van der Waals surface area (Å²) in [6, 6.07) is 38.1. The molecule has 0 radical (unpaired) electrons. The van der Waals surface area contributed by atoms with Gasteiger partial charge in [0.15, 0.2) is 5.60 Å².